The van der Waals surface area contributed by atoms with E-state index in [2.05, 4.69) is 36.2 Å². The molecule has 1 amide bonds. The molecule has 0 radical (unpaired) electrons. The molecule has 0 saturated carbocycles. The van der Waals surface area contributed by atoms with Crippen LogP contribution < -0.4 is 5.32 Å². The Labute approximate surface area is 121 Å². The van der Waals surface area contributed by atoms with Crippen LogP contribution in [0.5, 0.6) is 0 Å². The molecule has 0 aliphatic rings. The molecule has 2 heterocycles. The summed E-state index contributed by atoms with van der Waals surface area (Å²) in [5.74, 6) is -0.395. The van der Waals surface area contributed by atoms with Gasteiger partial charge in [-0.2, -0.15) is 0 Å². The first kappa shape index (κ1) is 13.2. The lowest BCUT2D eigenvalue weighted by Gasteiger charge is -2.07. The van der Waals surface area contributed by atoms with Gasteiger partial charge in [0.05, 0.1) is 5.56 Å². The molecule has 0 spiro atoms. The lowest BCUT2D eigenvalue weighted by Crippen LogP contribution is -2.13. The van der Waals surface area contributed by atoms with Crippen molar-refractivity contribution in [3.8, 4) is 0 Å². The highest BCUT2D eigenvalue weighted by Gasteiger charge is 2.13. The van der Waals surface area contributed by atoms with Crippen LogP contribution in [-0.2, 0) is 0 Å². The van der Waals surface area contributed by atoms with E-state index in [1.807, 2.05) is 0 Å². The molecule has 0 atom stereocenters. The molecule has 0 fully saturated rings. The Morgan fingerprint density at radius 3 is 2.39 bits per heavy atom. The summed E-state index contributed by atoms with van der Waals surface area (Å²) in [6, 6.07) is 3.26. The van der Waals surface area contributed by atoms with Crippen molar-refractivity contribution in [1.29, 1.82) is 0 Å². The van der Waals surface area contributed by atoms with E-state index in [0.717, 1.165) is 0 Å². The fraction of sp³-hybridized carbons (Fsp3) is 0. The second-order valence-electron chi connectivity index (χ2n) is 3.15. The normalized spacial score (nSPS) is 10.2. The van der Waals surface area contributed by atoms with Crippen LogP contribution in [0.2, 0.25) is 10.3 Å². The second-order valence-corrected chi connectivity index (χ2v) is 4.68. The number of anilines is 1. The molecule has 0 aliphatic heterocycles. The summed E-state index contributed by atoms with van der Waals surface area (Å²) in [7, 11) is 0. The molecule has 0 aliphatic carbocycles. The summed E-state index contributed by atoms with van der Waals surface area (Å²) in [4.78, 5) is 23.3. The lowest BCUT2D eigenvalue weighted by atomic mass is 10.2. The Balaban J connectivity index is 2.24. The van der Waals surface area contributed by atoms with Gasteiger partial charge in [0.1, 0.15) is 16.6 Å². The number of pyridine rings is 1. The quantitative estimate of drug-likeness (QED) is 0.669. The van der Waals surface area contributed by atoms with Gasteiger partial charge in [0.2, 0.25) is 0 Å². The minimum Gasteiger partial charge on any atom is -0.317 e. The molecule has 0 aromatic carbocycles. The third-order valence-corrected chi connectivity index (χ3v) is 3.03. The van der Waals surface area contributed by atoms with E-state index < -0.39 is 5.91 Å². The standard InChI is InChI=1S/C10H5BrCl2N4O/c11-6-2-1-5(3-14-6)10(18)17-7-8(12)15-4-16-9(7)13/h1-4H,(H,17,18). The van der Waals surface area contributed by atoms with E-state index in [-0.39, 0.29) is 16.0 Å². The summed E-state index contributed by atoms with van der Waals surface area (Å²) >= 11 is 14.8. The Kier molecular flexibility index (Phi) is 4.11. The van der Waals surface area contributed by atoms with Gasteiger partial charge in [-0.3, -0.25) is 4.79 Å². The molecule has 92 valence electrons. The molecule has 2 rings (SSSR count). The summed E-state index contributed by atoms with van der Waals surface area (Å²) in [6.45, 7) is 0. The van der Waals surface area contributed by atoms with Crippen molar-refractivity contribution < 1.29 is 4.79 Å². The fourth-order valence-electron chi connectivity index (χ4n) is 1.14. The largest absolute Gasteiger partial charge is 0.317 e. The number of amides is 1. The first-order chi connectivity index (χ1) is 8.58. The number of aromatic nitrogens is 3. The maximum atomic E-state index is 11.9. The smallest absolute Gasteiger partial charge is 0.257 e. The summed E-state index contributed by atoms with van der Waals surface area (Å²) in [5.41, 5.74) is 0.544. The average Bonchev–Trinajstić information content (AvgIpc) is 2.34. The predicted molar refractivity (Wildman–Crippen MR) is 71.9 cm³/mol. The van der Waals surface area contributed by atoms with E-state index in [0.29, 0.717) is 10.2 Å². The summed E-state index contributed by atoms with van der Waals surface area (Å²) in [5, 5.41) is 2.69. The van der Waals surface area contributed by atoms with Crippen LogP contribution in [0.15, 0.2) is 29.3 Å². The molecule has 1 N–H and O–H groups in total. The van der Waals surface area contributed by atoms with Gasteiger partial charge in [-0.25, -0.2) is 15.0 Å². The van der Waals surface area contributed by atoms with Gasteiger partial charge in [0, 0.05) is 6.20 Å². The van der Waals surface area contributed by atoms with Crippen LogP contribution in [0, 0.1) is 0 Å². The number of carbonyl (C=O) groups is 1. The van der Waals surface area contributed by atoms with E-state index in [4.69, 9.17) is 23.2 Å². The Hall–Kier alpha value is -1.24. The van der Waals surface area contributed by atoms with E-state index in [9.17, 15) is 4.79 Å². The van der Waals surface area contributed by atoms with Gasteiger partial charge in [-0.1, -0.05) is 23.2 Å². The maximum absolute atomic E-state index is 11.9. The monoisotopic (exact) mass is 346 g/mol. The molecule has 0 saturated heterocycles. The SMILES string of the molecule is O=C(Nc1c(Cl)ncnc1Cl)c1ccc(Br)nc1. The average molecular weight is 348 g/mol. The van der Waals surface area contributed by atoms with Crippen LogP contribution in [0.4, 0.5) is 5.69 Å². The Morgan fingerprint density at radius 2 is 1.83 bits per heavy atom. The topological polar surface area (TPSA) is 67.8 Å². The van der Waals surface area contributed by atoms with E-state index in [1.165, 1.54) is 12.5 Å². The lowest BCUT2D eigenvalue weighted by molar-refractivity contribution is 0.102. The number of nitrogens with zero attached hydrogens (tertiary/aromatic N) is 3. The molecule has 0 unspecified atom stereocenters. The van der Waals surface area contributed by atoms with Crippen molar-refractivity contribution in [2.75, 3.05) is 5.32 Å². The third kappa shape index (κ3) is 2.95. The number of hydrogen-bond acceptors (Lipinski definition) is 4. The first-order valence-corrected chi connectivity index (χ1v) is 6.21. The van der Waals surface area contributed by atoms with Crippen molar-refractivity contribution in [3.63, 3.8) is 0 Å². The van der Waals surface area contributed by atoms with Gasteiger partial charge >= 0.3 is 0 Å². The summed E-state index contributed by atoms with van der Waals surface area (Å²) in [6.07, 6.45) is 2.63. The molecular weight excluding hydrogens is 343 g/mol. The Morgan fingerprint density at radius 1 is 1.17 bits per heavy atom. The van der Waals surface area contributed by atoms with Crippen molar-refractivity contribution >= 4 is 50.7 Å². The fourth-order valence-corrected chi connectivity index (χ4v) is 1.79. The van der Waals surface area contributed by atoms with E-state index in [1.54, 1.807) is 12.1 Å². The number of hydrogen-bond donors (Lipinski definition) is 1. The second kappa shape index (κ2) is 5.60. The van der Waals surface area contributed by atoms with E-state index >= 15 is 0 Å². The molecule has 0 bridgehead atoms. The van der Waals surface area contributed by atoms with Gasteiger partial charge in [-0.05, 0) is 28.1 Å². The molecule has 18 heavy (non-hydrogen) atoms. The number of nitrogens with one attached hydrogen (secondary N) is 1. The van der Waals surface area contributed by atoms with Gasteiger partial charge < -0.3 is 5.32 Å². The zero-order valence-corrected chi connectivity index (χ0v) is 11.8. The van der Waals surface area contributed by atoms with Crippen molar-refractivity contribution in [1.82, 2.24) is 15.0 Å². The number of halogens is 3. The molecule has 8 heteroatoms. The van der Waals surface area contributed by atoms with Crippen LogP contribution >= 0.6 is 39.1 Å². The van der Waals surface area contributed by atoms with Crippen molar-refractivity contribution in [2.45, 2.75) is 0 Å². The number of carbonyl (C=O) groups excluding carboxylic acids is 1. The van der Waals surface area contributed by atoms with Crippen molar-refractivity contribution in [2.24, 2.45) is 0 Å². The predicted octanol–water partition coefficient (Wildman–Crippen LogP) is 3.19. The van der Waals surface area contributed by atoms with Crippen LogP contribution in [0.3, 0.4) is 0 Å². The first-order valence-electron chi connectivity index (χ1n) is 4.67. The van der Waals surface area contributed by atoms with Crippen LogP contribution in [0.1, 0.15) is 10.4 Å². The highest BCUT2D eigenvalue weighted by atomic mass is 79.9. The summed E-state index contributed by atoms with van der Waals surface area (Å²) < 4.78 is 0.637. The minimum absolute atomic E-state index is 0.0772. The minimum atomic E-state index is -0.395. The number of rotatable bonds is 2. The zero-order valence-electron chi connectivity index (χ0n) is 8.69. The highest BCUT2D eigenvalue weighted by molar-refractivity contribution is 9.10. The molecular formula is C10H5BrCl2N4O. The zero-order chi connectivity index (χ0) is 13.1. The van der Waals surface area contributed by atoms with Gasteiger partial charge in [0.25, 0.3) is 5.91 Å². The maximum Gasteiger partial charge on any atom is 0.257 e. The van der Waals surface area contributed by atoms with Crippen molar-refractivity contribution in [3.05, 3.63) is 45.1 Å². The molecule has 5 nitrogen and oxygen atoms in total. The van der Waals surface area contributed by atoms with Gasteiger partial charge in [-0.15, -0.1) is 0 Å². The van der Waals surface area contributed by atoms with Crippen LogP contribution in [0.25, 0.3) is 0 Å². The van der Waals surface area contributed by atoms with Crippen LogP contribution in [-0.4, -0.2) is 20.9 Å². The molecule has 2 aromatic rings. The highest BCUT2D eigenvalue weighted by Crippen LogP contribution is 2.26. The molecule has 2 aromatic heterocycles. The third-order valence-electron chi connectivity index (χ3n) is 1.98. The van der Waals surface area contributed by atoms with Gasteiger partial charge in [0.15, 0.2) is 10.3 Å². The Bertz CT molecular complexity index is 571.